The lowest BCUT2D eigenvalue weighted by Gasteiger charge is -1.99. The van der Waals surface area contributed by atoms with Gasteiger partial charge in [0.25, 0.3) is 0 Å². The highest BCUT2D eigenvalue weighted by atomic mass is 16.1. The van der Waals surface area contributed by atoms with E-state index in [9.17, 15) is 4.79 Å². The number of aryl methyl sites for hydroxylation is 1. The van der Waals surface area contributed by atoms with Gasteiger partial charge in [-0.05, 0) is 12.5 Å². The van der Waals surface area contributed by atoms with Crippen LogP contribution in [0.5, 0.6) is 0 Å². The van der Waals surface area contributed by atoms with Crippen molar-refractivity contribution >= 4 is 0 Å². The zero-order valence-electron chi connectivity index (χ0n) is 7.82. The van der Waals surface area contributed by atoms with Gasteiger partial charge in [0.05, 0.1) is 0 Å². The molecule has 0 amide bonds. The number of nitrogens with zero attached hydrogens (tertiary/aromatic N) is 1. The molecule has 0 aliphatic heterocycles. The highest BCUT2D eigenvalue weighted by molar-refractivity contribution is 5.61. The first-order valence-corrected chi connectivity index (χ1v) is 4.37. The first-order valence-electron chi connectivity index (χ1n) is 4.37. The molecule has 0 radical (unpaired) electrons. The van der Waals surface area contributed by atoms with E-state index in [-0.39, 0.29) is 5.69 Å². The molecule has 3 heteroatoms. The summed E-state index contributed by atoms with van der Waals surface area (Å²) >= 11 is 0. The van der Waals surface area contributed by atoms with Gasteiger partial charge in [-0.1, -0.05) is 29.8 Å². The fourth-order valence-corrected chi connectivity index (χ4v) is 1.25. The van der Waals surface area contributed by atoms with E-state index in [0.717, 1.165) is 11.1 Å². The number of aromatic amines is 1. The Hall–Kier alpha value is -1.90. The van der Waals surface area contributed by atoms with Gasteiger partial charge in [-0.15, -0.1) is 0 Å². The Morgan fingerprint density at radius 3 is 2.43 bits per heavy atom. The molecule has 2 rings (SSSR count). The molecule has 1 aromatic heterocycles. The molecule has 0 atom stereocenters. The Kier molecular flexibility index (Phi) is 2.14. The Bertz CT molecular complexity index is 465. The van der Waals surface area contributed by atoms with Gasteiger partial charge in [0.2, 0.25) is 0 Å². The van der Waals surface area contributed by atoms with Gasteiger partial charge in [-0.3, -0.25) is 0 Å². The highest BCUT2D eigenvalue weighted by Gasteiger charge is 1.96. The summed E-state index contributed by atoms with van der Waals surface area (Å²) < 4.78 is 0. The summed E-state index contributed by atoms with van der Waals surface area (Å²) in [5.74, 6) is 0. The van der Waals surface area contributed by atoms with Crippen LogP contribution in [-0.2, 0) is 0 Å². The van der Waals surface area contributed by atoms with E-state index in [2.05, 4.69) is 9.97 Å². The molecule has 0 spiro atoms. The fraction of sp³-hybridized carbons (Fsp3) is 0.0909. The third kappa shape index (κ3) is 1.71. The van der Waals surface area contributed by atoms with Crippen LogP contribution < -0.4 is 5.69 Å². The summed E-state index contributed by atoms with van der Waals surface area (Å²) in [6, 6.07) is 8.07. The Morgan fingerprint density at radius 2 is 1.86 bits per heavy atom. The van der Waals surface area contributed by atoms with E-state index >= 15 is 0 Å². The maximum atomic E-state index is 10.7. The van der Waals surface area contributed by atoms with E-state index in [1.165, 1.54) is 5.56 Å². The SMILES string of the molecule is Cc1ccc(-c2cnc(=O)[nH]c2)cc1. The molecule has 1 heterocycles. The molecular weight excluding hydrogens is 176 g/mol. The molecule has 3 nitrogen and oxygen atoms in total. The molecule has 14 heavy (non-hydrogen) atoms. The van der Waals surface area contributed by atoms with Crippen molar-refractivity contribution in [1.29, 1.82) is 0 Å². The molecular formula is C11H10N2O. The topological polar surface area (TPSA) is 45.8 Å². The number of hydrogen-bond acceptors (Lipinski definition) is 2. The van der Waals surface area contributed by atoms with Crippen molar-refractivity contribution in [2.24, 2.45) is 0 Å². The van der Waals surface area contributed by atoms with Gasteiger partial charge in [-0.25, -0.2) is 9.78 Å². The van der Waals surface area contributed by atoms with E-state index in [1.807, 2.05) is 31.2 Å². The molecule has 0 unspecified atom stereocenters. The van der Waals surface area contributed by atoms with Crippen LogP contribution in [0.4, 0.5) is 0 Å². The lowest BCUT2D eigenvalue weighted by atomic mass is 10.1. The average Bonchev–Trinajstić information content (AvgIpc) is 2.21. The molecule has 2 aromatic rings. The van der Waals surface area contributed by atoms with E-state index in [0.29, 0.717) is 0 Å². The standard InChI is InChI=1S/C11H10N2O/c1-8-2-4-9(5-3-8)10-6-12-11(14)13-7-10/h2-7H,1H3,(H,12,13,14). The number of benzene rings is 1. The van der Waals surface area contributed by atoms with Gasteiger partial charge in [0.15, 0.2) is 0 Å². The second kappa shape index (κ2) is 3.46. The first-order chi connectivity index (χ1) is 6.75. The van der Waals surface area contributed by atoms with Crippen molar-refractivity contribution in [3.05, 3.63) is 52.7 Å². The third-order valence-corrected chi connectivity index (χ3v) is 2.06. The minimum absolute atomic E-state index is 0.319. The number of nitrogens with one attached hydrogen (secondary N) is 1. The van der Waals surface area contributed by atoms with Crippen LogP contribution in [0.15, 0.2) is 41.5 Å². The number of rotatable bonds is 1. The Balaban J connectivity index is 2.44. The van der Waals surface area contributed by atoms with Crippen molar-refractivity contribution in [2.75, 3.05) is 0 Å². The Morgan fingerprint density at radius 1 is 1.14 bits per heavy atom. The van der Waals surface area contributed by atoms with Crippen LogP contribution in [0.2, 0.25) is 0 Å². The lowest BCUT2D eigenvalue weighted by molar-refractivity contribution is 1.08. The minimum atomic E-state index is -0.319. The average molecular weight is 186 g/mol. The lowest BCUT2D eigenvalue weighted by Crippen LogP contribution is -2.07. The van der Waals surface area contributed by atoms with Crippen LogP contribution in [0.3, 0.4) is 0 Å². The summed E-state index contributed by atoms with van der Waals surface area (Å²) in [5, 5.41) is 0. The maximum absolute atomic E-state index is 10.7. The van der Waals surface area contributed by atoms with Gasteiger partial charge < -0.3 is 4.98 Å². The predicted molar refractivity (Wildman–Crippen MR) is 55.0 cm³/mol. The van der Waals surface area contributed by atoms with Gasteiger partial charge >= 0.3 is 5.69 Å². The summed E-state index contributed by atoms with van der Waals surface area (Å²) in [4.78, 5) is 17.0. The number of aromatic nitrogens is 2. The quantitative estimate of drug-likeness (QED) is 0.737. The molecule has 70 valence electrons. The van der Waals surface area contributed by atoms with Gasteiger partial charge in [0.1, 0.15) is 0 Å². The largest absolute Gasteiger partial charge is 0.344 e. The maximum Gasteiger partial charge on any atom is 0.344 e. The number of H-pyrrole nitrogens is 1. The molecule has 0 saturated heterocycles. The molecule has 0 saturated carbocycles. The highest BCUT2D eigenvalue weighted by Crippen LogP contribution is 2.16. The normalized spacial score (nSPS) is 10.1. The summed E-state index contributed by atoms with van der Waals surface area (Å²) in [6.45, 7) is 2.04. The predicted octanol–water partition coefficient (Wildman–Crippen LogP) is 1.75. The molecule has 1 N–H and O–H groups in total. The van der Waals surface area contributed by atoms with Crippen LogP contribution in [0.25, 0.3) is 11.1 Å². The van der Waals surface area contributed by atoms with Crippen LogP contribution in [0.1, 0.15) is 5.56 Å². The molecule has 1 aromatic carbocycles. The summed E-state index contributed by atoms with van der Waals surface area (Å²) in [7, 11) is 0. The van der Waals surface area contributed by atoms with Crippen molar-refractivity contribution in [2.45, 2.75) is 6.92 Å². The van der Waals surface area contributed by atoms with Crippen molar-refractivity contribution in [3.8, 4) is 11.1 Å². The van der Waals surface area contributed by atoms with E-state index in [1.54, 1.807) is 12.4 Å². The third-order valence-electron chi connectivity index (χ3n) is 2.06. The minimum Gasteiger partial charge on any atom is -0.312 e. The first kappa shape index (κ1) is 8.69. The summed E-state index contributed by atoms with van der Waals surface area (Å²) in [6.07, 6.45) is 3.24. The molecule has 0 aliphatic carbocycles. The van der Waals surface area contributed by atoms with Gasteiger partial charge in [0, 0.05) is 18.0 Å². The van der Waals surface area contributed by atoms with E-state index < -0.39 is 0 Å². The van der Waals surface area contributed by atoms with Crippen molar-refractivity contribution in [3.63, 3.8) is 0 Å². The Labute approximate surface area is 81.5 Å². The fourth-order valence-electron chi connectivity index (χ4n) is 1.25. The zero-order valence-corrected chi connectivity index (χ0v) is 7.82. The molecule has 0 fully saturated rings. The van der Waals surface area contributed by atoms with Crippen LogP contribution in [0, 0.1) is 6.92 Å². The van der Waals surface area contributed by atoms with Crippen molar-refractivity contribution in [1.82, 2.24) is 9.97 Å². The number of hydrogen-bond donors (Lipinski definition) is 1. The molecule has 0 aliphatic rings. The van der Waals surface area contributed by atoms with Crippen molar-refractivity contribution < 1.29 is 0 Å². The second-order valence-corrected chi connectivity index (χ2v) is 3.17. The van der Waals surface area contributed by atoms with Gasteiger partial charge in [-0.2, -0.15) is 0 Å². The second-order valence-electron chi connectivity index (χ2n) is 3.17. The van der Waals surface area contributed by atoms with Crippen LogP contribution >= 0.6 is 0 Å². The zero-order chi connectivity index (χ0) is 9.97. The molecule has 0 bridgehead atoms. The van der Waals surface area contributed by atoms with E-state index in [4.69, 9.17) is 0 Å². The van der Waals surface area contributed by atoms with Crippen LogP contribution in [-0.4, -0.2) is 9.97 Å². The smallest absolute Gasteiger partial charge is 0.312 e. The monoisotopic (exact) mass is 186 g/mol. The summed E-state index contributed by atoms with van der Waals surface area (Å²) in [5.41, 5.74) is 2.87.